The minimum absolute atomic E-state index is 0.269. The molecule has 3 nitrogen and oxygen atoms in total. The normalized spacial score (nSPS) is 11.8. The van der Waals surface area contributed by atoms with Crippen LogP contribution in [0.15, 0.2) is 36.4 Å². The molecule has 0 saturated carbocycles. The number of nitrogens with zero attached hydrogens (tertiary/aromatic N) is 1. The van der Waals surface area contributed by atoms with E-state index >= 15 is 0 Å². The maximum absolute atomic E-state index is 11.7. The molecule has 0 aliphatic heterocycles. The molecule has 1 heterocycles. The lowest BCUT2D eigenvalue weighted by atomic mass is 10.2. The summed E-state index contributed by atoms with van der Waals surface area (Å²) in [5.41, 5.74) is 1.03. The first-order valence-electron chi connectivity index (χ1n) is 5.23. The van der Waals surface area contributed by atoms with Crippen molar-refractivity contribution in [2.45, 2.75) is 13.0 Å². The largest absolute Gasteiger partial charge is 0.445 e. The molecular weight excluding hydrogens is 214 g/mol. The van der Waals surface area contributed by atoms with Gasteiger partial charge in [0.15, 0.2) is 6.10 Å². The van der Waals surface area contributed by atoms with Gasteiger partial charge in [-0.1, -0.05) is 30.2 Å². The van der Waals surface area contributed by atoms with Gasteiger partial charge in [-0.25, -0.2) is 9.78 Å². The van der Waals surface area contributed by atoms with Crippen molar-refractivity contribution in [2.75, 3.05) is 0 Å². The number of ether oxygens (including phenoxy) is 1. The first-order valence-corrected chi connectivity index (χ1v) is 5.23. The van der Waals surface area contributed by atoms with E-state index in [1.54, 1.807) is 13.0 Å². The molecule has 0 N–H and O–H groups in total. The molecule has 17 heavy (non-hydrogen) atoms. The predicted molar refractivity (Wildman–Crippen MR) is 65.5 cm³/mol. The monoisotopic (exact) mass is 225 g/mol. The molecule has 0 radical (unpaired) electrons. The van der Waals surface area contributed by atoms with Crippen LogP contribution in [0.1, 0.15) is 17.4 Å². The molecule has 1 aromatic carbocycles. The molecule has 1 aromatic heterocycles. The van der Waals surface area contributed by atoms with Crippen LogP contribution in [0, 0.1) is 12.3 Å². The number of esters is 1. The van der Waals surface area contributed by atoms with Crippen LogP contribution in [0.5, 0.6) is 0 Å². The van der Waals surface area contributed by atoms with Crippen LogP contribution in [0.3, 0.4) is 0 Å². The maximum Gasteiger partial charge on any atom is 0.358 e. The molecular formula is C14H11NO2. The van der Waals surface area contributed by atoms with Crippen molar-refractivity contribution in [3.05, 3.63) is 42.1 Å². The summed E-state index contributed by atoms with van der Waals surface area (Å²) in [6.45, 7) is 1.64. The van der Waals surface area contributed by atoms with Crippen molar-refractivity contribution in [3.63, 3.8) is 0 Å². The van der Waals surface area contributed by atoms with Gasteiger partial charge >= 0.3 is 5.97 Å². The number of para-hydroxylation sites is 1. The molecule has 0 amide bonds. The third-order valence-corrected chi connectivity index (χ3v) is 2.33. The van der Waals surface area contributed by atoms with Crippen molar-refractivity contribution in [3.8, 4) is 12.3 Å². The second kappa shape index (κ2) is 4.67. The number of terminal acetylenes is 1. The fourth-order valence-corrected chi connectivity index (χ4v) is 1.43. The summed E-state index contributed by atoms with van der Waals surface area (Å²) in [6.07, 6.45) is 4.60. The van der Waals surface area contributed by atoms with Gasteiger partial charge in [0.1, 0.15) is 5.69 Å². The smallest absolute Gasteiger partial charge is 0.358 e. The SMILES string of the molecule is C#CC(C)OC(=O)c1ccc2ccccc2n1. The molecule has 0 bridgehead atoms. The van der Waals surface area contributed by atoms with Gasteiger partial charge in [-0.3, -0.25) is 0 Å². The van der Waals surface area contributed by atoms with E-state index in [-0.39, 0.29) is 5.69 Å². The van der Waals surface area contributed by atoms with E-state index in [1.165, 1.54) is 0 Å². The number of pyridine rings is 1. The number of carbonyl (C=O) groups is 1. The molecule has 2 rings (SSSR count). The van der Waals surface area contributed by atoms with Crippen LogP contribution in [-0.2, 0) is 4.74 Å². The van der Waals surface area contributed by atoms with Crippen LogP contribution in [0.25, 0.3) is 10.9 Å². The predicted octanol–water partition coefficient (Wildman–Crippen LogP) is 2.41. The number of aromatic nitrogens is 1. The first-order chi connectivity index (χ1) is 8.20. The number of carbonyl (C=O) groups excluding carboxylic acids is 1. The Hall–Kier alpha value is -2.34. The molecule has 2 aromatic rings. The molecule has 0 aliphatic carbocycles. The highest BCUT2D eigenvalue weighted by Crippen LogP contribution is 2.12. The van der Waals surface area contributed by atoms with Crippen LogP contribution >= 0.6 is 0 Å². The highest BCUT2D eigenvalue weighted by Gasteiger charge is 2.11. The van der Waals surface area contributed by atoms with E-state index in [4.69, 9.17) is 11.2 Å². The molecule has 1 unspecified atom stereocenters. The summed E-state index contributed by atoms with van der Waals surface area (Å²) < 4.78 is 5.00. The van der Waals surface area contributed by atoms with Gasteiger partial charge in [0.05, 0.1) is 5.52 Å². The average molecular weight is 225 g/mol. The summed E-state index contributed by atoms with van der Waals surface area (Å²) >= 11 is 0. The molecule has 0 saturated heterocycles. The Kier molecular flexibility index (Phi) is 3.06. The zero-order valence-corrected chi connectivity index (χ0v) is 9.38. The summed E-state index contributed by atoms with van der Waals surface area (Å²) in [5.74, 6) is 1.83. The summed E-state index contributed by atoms with van der Waals surface area (Å²) in [6, 6.07) is 11.0. The Morgan fingerprint density at radius 1 is 1.35 bits per heavy atom. The van der Waals surface area contributed by atoms with E-state index < -0.39 is 12.1 Å². The molecule has 84 valence electrons. The van der Waals surface area contributed by atoms with Gasteiger partial charge in [-0.05, 0) is 19.1 Å². The molecule has 0 aliphatic rings. The van der Waals surface area contributed by atoms with Gasteiger partial charge in [0, 0.05) is 5.39 Å². The number of fused-ring (bicyclic) bond motifs is 1. The zero-order chi connectivity index (χ0) is 12.3. The third-order valence-electron chi connectivity index (χ3n) is 2.33. The van der Waals surface area contributed by atoms with Crippen LogP contribution in [-0.4, -0.2) is 17.1 Å². The highest BCUT2D eigenvalue weighted by molar-refractivity contribution is 5.91. The van der Waals surface area contributed by atoms with E-state index in [9.17, 15) is 4.79 Å². The van der Waals surface area contributed by atoms with E-state index in [2.05, 4.69) is 10.9 Å². The Bertz CT molecular complexity index is 598. The standard InChI is InChI=1S/C14H11NO2/c1-3-10(2)17-14(16)13-9-8-11-6-4-5-7-12(11)15-13/h1,4-10H,2H3. The second-order valence-electron chi connectivity index (χ2n) is 3.60. The molecule has 0 spiro atoms. The number of benzene rings is 1. The number of hydrogen-bond acceptors (Lipinski definition) is 3. The van der Waals surface area contributed by atoms with Gasteiger partial charge in [0.25, 0.3) is 0 Å². The van der Waals surface area contributed by atoms with Crippen molar-refractivity contribution in [1.82, 2.24) is 4.98 Å². The fourth-order valence-electron chi connectivity index (χ4n) is 1.43. The first kappa shape index (κ1) is 11.2. The van der Waals surface area contributed by atoms with Gasteiger partial charge < -0.3 is 4.74 Å². The fraction of sp³-hybridized carbons (Fsp3) is 0.143. The highest BCUT2D eigenvalue weighted by atomic mass is 16.5. The quantitative estimate of drug-likeness (QED) is 0.582. The molecule has 1 atom stereocenters. The van der Waals surface area contributed by atoms with Crippen molar-refractivity contribution in [1.29, 1.82) is 0 Å². The Labute approximate surface area is 99.4 Å². The van der Waals surface area contributed by atoms with Gasteiger partial charge in [-0.2, -0.15) is 0 Å². The van der Waals surface area contributed by atoms with Crippen LogP contribution in [0.2, 0.25) is 0 Å². The molecule has 0 fully saturated rings. The van der Waals surface area contributed by atoms with Crippen molar-refractivity contribution in [2.24, 2.45) is 0 Å². The average Bonchev–Trinajstić information content (AvgIpc) is 2.38. The topological polar surface area (TPSA) is 39.2 Å². The van der Waals surface area contributed by atoms with Crippen LogP contribution in [0.4, 0.5) is 0 Å². The lowest BCUT2D eigenvalue weighted by molar-refractivity contribution is 0.0432. The second-order valence-corrected chi connectivity index (χ2v) is 3.60. The lowest BCUT2D eigenvalue weighted by Crippen LogP contribution is -2.14. The third kappa shape index (κ3) is 2.43. The Balaban J connectivity index is 2.31. The Morgan fingerprint density at radius 2 is 2.12 bits per heavy atom. The summed E-state index contributed by atoms with van der Waals surface area (Å²) in [4.78, 5) is 15.9. The van der Waals surface area contributed by atoms with Crippen molar-refractivity contribution < 1.29 is 9.53 Å². The minimum Gasteiger partial charge on any atom is -0.445 e. The lowest BCUT2D eigenvalue weighted by Gasteiger charge is -2.06. The molecule has 3 heteroatoms. The Morgan fingerprint density at radius 3 is 2.88 bits per heavy atom. The maximum atomic E-state index is 11.7. The van der Waals surface area contributed by atoms with Gasteiger partial charge in [0.2, 0.25) is 0 Å². The number of hydrogen-bond donors (Lipinski definition) is 0. The van der Waals surface area contributed by atoms with Crippen molar-refractivity contribution >= 4 is 16.9 Å². The summed E-state index contributed by atoms with van der Waals surface area (Å²) in [5, 5.41) is 0.981. The van der Waals surface area contributed by atoms with Crippen LogP contribution < -0.4 is 0 Å². The minimum atomic E-state index is -0.546. The summed E-state index contributed by atoms with van der Waals surface area (Å²) in [7, 11) is 0. The van der Waals surface area contributed by atoms with Gasteiger partial charge in [-0.15, -0.1) is 6.42 Å². The van der Waals surface area contributed by atoms with E-state index in [1.807, 2.05) is 30.3 Å². The zero-order valence-electron chi connectivity index (χ0n) is 9.38. The van der Waals surface area contributed by atoms with E-state index in [0.29, 0.717) is 0 Å². The van der Waals surface area contributed by atoms with E-state index in [0.717, 1.165) is 10.9 Å². The number of rotatable bonds is 2.